The second-order valence-electron chi connectivity index (χ2n) is 5.60. The predicted molar refractivity (Wildman–Crippen MR) is 83.3 cm³/mol. The van der Waals surface area contributed by atoms with Crippen molar-refractivity contribution in [1.82, 2.24) is 10.2 Å². The minimum Gasteiger partial charge on any atom is -0.356 e. The molecule has 0 aromatic heterocycles. The van der Waals surface area contributed by atoms with E-state index >= 15 is 0 Å². The highest BCUT2D eigenvalue weighted by molar-refractivity contribution is 6.33. The van der Waals surface area contributed by atoms with Gasteiger partial charge in [-0.25, -0.2) is 8.78 Å². The Bertz CT molecular complexity index is 602. The number of piperidine rings is 1. The maximum Gasteiger partial charge on any atom is 0.255 e. The summed E-state index contributed by atoms with van der Waals surface area (Å²) in [5, 5.41) is 2.73. The maximum atomic E-state index is 13.3. The number of rotatable bonds is 4. The molecule has 0 aliphatic carbocycles. The molecule has 0 bridgehead atoms. The number of hydrogen-bond acceptors (Lipinski definition) is 2. The first-order chi connectivity index (χ1) is 10.9. The second kappa shape index (κ2) is 7.73. The lowest BCUT2D eigenvalue weighted by Crippen LogP contribution is -2.43. The molecule has 126 valence electrons. The van der Waals surface area contributed by atoms with E-state index in [-0.39, 0.29) is 22.4 Å². The molecule has 7 heteroatoms. The van der Waals surface area contributed by atoms with Gasteiger partial charge in [0.1, 0.15) is 0 Å². The van der Waals surface area contributed by atoms with Crippen LogP contribution in [0, 0.1) is 17.6 Å². The van der Waals surface area contributed by atoms with Gasteiger partial charge in [0.05, 0.1) is 10.6 Å². The molecule has 1 saturated heterocycles. The molecule has 0 unspecified atom stereocenters. The van der Waals surface area contributed by atoms with Gasteiger partial charge in [-0.1, -0.05) is 18.5 Å². The summed E-state index contributed by atoms with van der Waals surface area (Å²) in [6.07, 6.45) is 1.96. The molecule has 4 nitrogen and oxygen atoms in total. The van der Waals surface area contributed by atoms with Crippen molar-refractivity contribution >= 4 is 23.4 Å². The minimum absolute atomic E-state index is 0.00445. The minimum atomic E-state index is -1.11. The standard InChI is InChI=1S/C16H19ClF2N2O2/c1-2-5-20-15(22)10-3-6-21(7-4-10)16(23)11-8-13(18)14(19)9-12(11)17/h8-10H,2-7H2,1H3,(H,20,22). The summed E-state index contributed by atoms with van der Waals surface area (Å²) in [5.74, 6) is -2.75. The molecular formula is C16H19ClF2N2O2. The van der Waals surface area contributed by atoms with E-state index in [0.29, 0.717) is 32.5 Å². The highest BCUT2D eigenvalue weighted by Crippen LogP contribution is 2.24. The van der Waals surface area contributed by atoms with E-state index in [4.69, 9.17) is 11.6 Å². The third-order valence-electron chi connectivity index (χ3n) is 3.94. The van der Waals surface area contributed by atoms with Gasteiger partial charge in [0.25, 0.3) is 5.91 Å². The molecule has 1 aliphatic heterocycles. The average Bonchev–Trinajstić information content (AvgIpc) is 2.55. The van der Waals surface area contributed by atoms with Crippen molar-refractivity contribution < 1.29 is 18.4 Å². The van der Waals surface area contributed by atoms with Gasteiger partial charge < -0.3 is 10.2 Å². The largest absolute Gasteiger partial charge is 0.356 e. The topological polar surface area (TPSA) is 49.4 Å². The fourth-order valence-corrected chi connectivity index (χ4v) is 2.83. The Kier molecular flexibility index (Phi) is 5.93. The van der Waals surface area contributed by atoms with Crippen molar-refractivity contribution in [2.24, 2.45) is 5.92 Å². The van der Waals surface area contributed by atoms with Gasteiger partial charge in [0.2, 0.25) is 5.91 Å². The Morgan fingerprint density at radius 3 is 2.48 bits per heavy atom. The van der Waals surface area contributed by atoms with E-state index in [1.54, 1.807) is 0 Å². The van der Waals surface area contributed by atoms with Gasteiger partial charge in [-0.15, -0.1) is 0 Å². The SMILES string of the molecule is CCCNC(=O)C1CCN(C(=O)c2cc(F)c(F)cc2Cl)CC1. The third kappa shape index (κ3) is 4.19. The molecular weight excluding hydrogens is 326 g/mol. The fourth-order valence-electron chi connectivity index (χ4n) is 2.59. The lowest BCUT2D eigenvalue weighted by Gasteiger charge is -2.31. The van der Waals surface area contributed by atoms with Crippen LogP contribution in [0.4, 0.5) is 8.78 Å². The van der Waals surface area contributed by atoms with Gasteiger partial charge in [-0.2, -0.15) is 0 Å². The smallest absolute Gasteiger partial charge is 0.255 e. The average molecular weight is 345 g/mol. The fraction of sp³-hybridized carbons (Fsp3) is 0.500. The van der Waals surface area contributed by atoms with Crippen molar-refractivity contribution in [2.75, 3.05) is 19.6 Å². The summed E-state index contributed by atoms with van der Waals surface area (Å²) < 4.78 is 26.4. The molecule has 1 heterocycles. The number of likely N-dealkylation sites (tertiary alicyclic amines) is 1. The number of halogens is 3. The van der Waals surface area contributed by atoms with Crippen LogP contribution in [0.5, 0.6) is 0 Å². The molecule has 0 spiro atoms. The molecule has 1 fully saturated rings. The van der Waals surface area contributed by atoms with Crippen molar-refractivity contribution in [3.05, 3.63) is 34.4 Å². The van der Waals surface area contributed by atoms with E-state index < -0.39 is 17.5 Å². The van der Waals surface area contributed by atoms with E-state index in [9.17, 15) is 18.4 Å². The van der Waals surface area contributed by atoms with Crippen LogP contribution in [0.1, 0.15) is 36.5 Å². The number of hydrogen-bond donors (Lipinski definition) is 1. The lowest BCUT2D eigenvalue weighted by atomic mass is 9.95. The molecule has 1 aromatic rings. The first-order valence-electron chi connectivity index (χ1n) is 7.65. The third-order valence-corrected chi connectivity index (χ3v) is 4.26. The van der Waals surface area contributed by atoms with Crippen LogP contribution >= 0.6 is 11.6 Å². The van der Waals surface area contributed by atoms with Crippen LogP contribution in [0.2, 0.25) is 5.02 Å². The molecule has 23 heavy (non-hydrogen) atoms. The quantitative estimate of drug-likeness (QED) is 0.854. The lowest BCUT2D eigenvalue weighted by molar-refractivity contribution is -0.126. The molecule has 1 N–H and O–H groups in total. The van der Waals surface area contributed by atoms with Crippen LogP contribution in [-0.2, 0) is 4.79 Å². The summed E-state index contributed by atoms with van der Waals surface area (Å²) in [5.41, 5.74) is -0.0561. The highest BCUT2D eigenvalue weighted by atomic mass is 35.5. The van der Waals surface area contributed by atoms with Crippen molar-refractivity contribution in [1.29, 1.82) is 0 Å². The Morgan fingerprint density at radius 2 is 1.87 bits per heavy atom. The number of carbonyl (C=O) groups excluding carboxylic acids is 2. The van der Waals surface area contributed by atoms with E-state index in [1.807, 2.05) is 6.92 Å². The Hall–Kier alpha value is -1.69. The zero-order chi connectivity index (χ0) is 17.0. The van der Waals surface area contributed by atoms with Crippen LogP contribution in [0.3, 0.4) is 0 Å². The van der Waals surface area contributed by atoms with Gasteiger partial charge in [-0.3, -0.25) is 9.59 Å². The number of nitrogens with zero attached hydrogens (tertiary/aromatic N) is 1. The number of amides is 2. The van der Waals surface area contributed by atoms with Crippen LogP contribution in [-0.4, -0.2) is 36.3 Å². The van der Waals surface area contributed by atoms with Crippen LogP contribution in [0.25, 0.3) is 0 Å². The number of nitrogens with one attached hydrogen (secondary N) is 1. The zero-order valence-corrected chi connectivity index (χ0v) is 13.6. The van der Waals surface area contributed by atoms with Gasteiger partial charge in [0.15, 0.2) is 11.6 Å². The Labute approximate surface area is 138 Å². The van der Waals surface area contributed by atoms with E-state index in [1.165, 1.54) is 4.90 Å². The summed E-state index contributed by atoms with van der Waals surface area (Å²) >= 11 is 5.83. The Morgan fingerprint density at radius 1 is 1.26 bits per heavy atom. The summed E-state index contributed by atoms with van der Waals surface area (Å²) in [4.78, 5) is 25.8. The van der Waals surface area contributed by atoms with Crippen LogP contribution < -0.4 is 5.32 Å². The zero-order valence-electron chi connectivity index (χ0n) is 12.9. The molecule has 0 saturated carbocycles. The molecule has 0 radical (unpaired) electrons. The van der Waals surface area contributed by atoms with Crippen molar-refractivity contribution in [3.8, 4) is 0 Å². The van der Waals surface area contributed by atoms with Gasteiger partial charge in [0, 0.05) is 25.6 Å². The maximum absolute atomic E-state index is 13.3. The monoisotopic (exact) mass is 344 g/mol. The summed E-state index contributed by atoms with van der Waals surface area (Å²) in [6, 6.07) is 1.62. The van der Waals surface area contributed by atoms with Crippen LogP contribution in [0.15, 0.2) is 12.1 Å². The molecule has 2 rings (SSSR count). The first-order valence-corrected chi connectivity index (χ1v) is 8.03. The summed E-state index contributed by atoms with van der Waals surface area (Å²) in [6.45, 7) is 3.40. The molecule has 1 aromatic carbocycles. The number of benzene rings is 1. The van der Waals surface area contributed by atoms with E-state index in [2.05, 4.69) is 5.32 Å². The highest BCUT2D eigenvalue weighted by Gasteiger charge is 2.28. The molecule has 0 atom stereocenters. The molecule has 2 amide bonds. The molecule has 1 aliphatic rings. The van der Waals surface area contributed by atoms with Gasteiger partial charge in [-0.05, 0) is 31.4 Å². The van der Waals surface area contributed by atoms with Crippen molar-refractivity contribution in [3.63, 3.8) is 0 Å². The first kappa shape index (κ1) is 17.7. The Balaban J connectivity index is 1.99. The summed E-state index contributed by atoms with van der Waals surface area (Å²) in [7, 11) is 0. The van der Waals surface area contributed by atoms with Gasteiger partial charge >= 0.3 is 0 Å². The number of carbonyl (C=O) groups is 2. The predicted octanol–water partition coefficient (Wildman–Crippen LogP) is 3.00. The second-order valence-corrected chi connectivity index (χ2v) is 6.01. The van der Waals surface area contributed by atoms with E-state index in [0.717, 1.165) is 18.6 Å². The van der Waals surface area contributed by atoms with Crippen molar-refractivity contribution in [2.45, 2.75) is 26.2 Å². The normalized spacial score (nSPS) is 15.6.